The van der Waals surface area contributed by atoms with Gasteiger partial charge in [0, 0.05) is 25.6 Å². The van der Waals surface area contributed by atoms with Gasteiger partial charge in [-0.2, -0.15) is 21.6 Å². The zero-order valence-corrected chi connectivity index (χ0v) is 18.7. The maximum atomic E-state index is 13.8. The monoisotopic (exact) mass is 488 g/mol. The van der Waals surface area contributed by atoms with Crippen LogP contribution in [0.3, 0.4) is 0 Å². The third-order valence-corrected chi connectivity index (χ3v) is 5.13. The van der Waals surface area contributed by atoms with Crippen LogP contribution < -0.4 is 5.32 Å². The fourth-order valence-corrected chi connectivity index (χ4v) is 3.95. The van der Waals surface area contributed by atoms with E-state index in [4.69, 9.17) is 4.74 Å². The van der Waals surface area contributed by atoms with E-state index in [0.717, 1.165) is 12.1 Å². The van der Waals surface area contributed by atoms with Crippen LogP contribution in [0.1, 0.15) is 32.3 Å². The third kappa shape index (κ3) is 7.85. The molecule has 1 saturated heterocycles. The van der Waals surface area contributed by atoms with Crippen molar-refractivity contribution in [2.45, 2.75) is 50.6 Å². The molecular formula is C19H25F5N2O5S. The van der Waals surface area contributed by atoms with Crippen LogP contribution in [0.5, 0.6) is 0 Å². The average Bonchev–Trinajstić information content (AvgIpc) is 2.95. The molecule has 0 aromatic heterocycles. The average molecular weight is 488 g/mol. The first-order valence-electron chi connectivity index (χ1n) is 9.56. The summed E-state index contributed by atoms with van der Waals surface area (Å²) < 4.78 is 99.0. The van der Waals surface area contributed by atoms with Gasteiger partial charge in [-0.3, -0.25) is 9.08 Å². The predicted octanol–water partition coefficient (Wildman–Crippen LogP) is 3.16. The van der Waals surface area contributed by atoms with Gasteiger partial charge in [-0.05, 0) is 38.5 Å². The number of alkyl carbamates (subject to hydrolysis) is 1. The van der Waals surface area contributed by atoms with E-state index in [2.05, 4.69) is 9.50 Å². The Balaban J connectivity index is 2.27. The highest BCUT2D eigenvalue weighted by atomic mass is 32.2. The number of alkyl halides is 3. The molecule has 7 nitrogen and oxygen atoms in total. The van der Waals surface area contributed by atoms with Crippen LogP contribution in [-0.4, -0.2) is 69.2 Å². The molecule has 1 aliphatic heterocycles. The molecule has 0 aliphatic carbocycles. The van der Waals surface area contributed by atoms with E-state index in [1.165, 1.54) is 11.0 Å². The Morgan fingerprint density at radius 1 is 1.19 bits per heavy atom. The van der Waals surface area contributed by atoms with E-state index in [1.54, 1.807) is 20.8 Å². The summed E-state index contributed by atoms with van der Waals surface area (Å²) >= 11 is 0. The molecular weight excluding hydrogens is 463 g/mol. The van der Waals surface area contributed by atoms with Crippen molar-refractivity contribution in [1.29, 1.82) is 0 Å². The van der Waals surface area contributed by atoms with Gasteiger partial charge in [0.05, 0.1) is 12.3 Å². The maximum absolute atomic E-state index is 13.8. The molecule has 1 amide bonds. The van der Waals surface area contributed by atoms with Gasteiger partial charge < -0.3 is 10.1 Å². The number of hydrogen-bond acceptors (Lipinski definition) is 6. The van der Waals surface area contributed by atoms with Crippen LogP contribution in [0.25, 0.3) is 0 Å². The van der Waals surface area contributed by atoms with Gasteiger partial charge in [-0.15, -0.1) is 0 Å². The zero-order chi connectivity index (χ0) is 24.5. The van der Waals surface area contributed by atoms with Gasteiger partial charge in [-0.25, -0.2) is 13.6 Å². The fourth-order valence-electron chi connectivity index (χ4n) is 3.35. The van der Waals surface area contributed by atoms with Crippen molar-refractivity contribution >= 4 is 16.2 Å². The lowest BCUT2D eigenvalue weighted by atomic mass is 9.94. The number of halogens is 5. The summed E-state index contributed by atoms with van der Waals surface area (Å²) in [5, 5.41) is 2.55. The summed E-state index contributed by atoms with van der Waals surface area (Å²) in [6.07, 6.45) is -7.94. The molecule has 1 fully saturated rings. The standard InChI is InChI=1S/C19H25F5N2O5S/c1-18(2,3)30-17(27)25-15-9-26(10-16(19(22,23)24)31-32(4,28)29)8-12(15)11-5-6-13(20)14(21)7-11/h5-7,12,15-16H,8-10H2,1-4H3,(H,25,27)/t12-,15+,16-/m0/s1. The lowest BCUT2D eigenvalue weighted by Gasteiger charge is -2.25. The number of nitrogens with one attached hydrogen (secondary N) is 1. The number of benzene rings is 1. The Morgan fingerprint density at radius 3 is 2.31 bits per heavy atom. The van der Waals surface area contributed by atoms with Gasteiger partial charge in [-0.1, -0.05) is 6.07 Å². The molecule has 1 heterocycles. The Bertz CT molecular complexity index is 933. The van der Waals surface area contributed by atoms with Crippen molar-refractivity contribution in [3.63, 3.8) is 0 Å². The third-order valence-electron chi connectivity index (χ3n) is 4.55. The van der Waals surface area contributed by atoms with Gasteiger partial charge in [0.25, 0.3) is 10.1 Å². The molecule has 2 rings (SSSR count). The van der Waals surface area contributed by atoms with E-state index in [9.17, 15) is 35.2 Å². The number of likely N-dealkylation sites (tertiary alicyclic amines) is 1. The summed E-state index contributed by atoms with van der Waals surface area (Å²) in [6.45, 7) is 3.78. The molecule has 32 heavy (non-hydrogen) atoms. The minimum atomic E-state index is -4.97. The predicted molar refractivity (Wildman–Crippen MR) is 104 cm³/mol. The van der Waals surface area contributed by atoms with Crippen molar-refractivity contribution in [3.8, 4) is 0 Å². The van der Waals surface area contributed by atoms with Crippen molar-refractivity contribution in [2.75, 3.05) is 25.9 Å². The van der Waals surface area contributed by atoms with Crippen molar-refractivity contribution < 1.29 is 44.1 Å². The Labute approximate surface area is 183 Å². The highest BCUT2D eigenvalue weighted by Crippen LogP contribution is 2.32. The van der Waals surface area contributed by atoms with Crippen LogP contribution >= 0.6 is 0 Å². The van der Waals surface area contributed by atoms with Crippen molar-refractivity contribution in [3.05, 3.63) is 35.4 Å². The molecule has 1 aromatic carbocycles. The van der Waals surface area contributed by atoms with E-state index in [-0.39, 0.29) is 18.7 Å². The minimum absolute atomic E-state index is 0.106. The molecule has 3 atom stereocenters. The SMILES string of the molecule is CC(C)(C)OC(=O)N[C@@H]1CN(C[C@H](OS(C)(=O)=O)C(F)(F)F)C[C@H]1c1ccc(F)c(F)c1. The minimum Gasteiger partial charge on any atom is -0.444 e. The highest BCUT2D eigenvalue weighted by Gasteiger charge is 2.46. The number of hydrogen-bond donors (Lipinski definition) is 1. The van der Waals surface area contributed by atoms with E-state index in [0.29, 0.717) is 6.26 Å². The smallest absolute Gasteiger partial charge is 0.417 e. The van der Waals surface area contributed by atoms with Crippen molar-refractivity contribution in [1.82, 2.24) is 10.2 Å². The van der Waals surface area contributed by atoms with Gasteiger partial charge in [0.2, 0.25) is 0 Å². The second kappa shape index (κ2) is 9.48. The molecule has 0 bridgehead atoms. The molecule has 182 valence electrons. The number of carbonyl (C=O) groups excluding carboxylic acids is 1. The van der Waals surface area contributed by atoms with Crippen LogP contribution in [0.15, 0.2) is 18.2 Å². The van der Waals surface area contributed by atoms with Gasteiger partial charge in [0.15, 0.2) is 17.7 Å². The van der Waals surface area contributed by atoms with Gasteiger partial charge in [0.1, 0.15) is 5.60 Å². The molecule has 0 saturated carbocycles. The fraction of sp³-hybridized carbons (Fsp3) is 0.632. The zero-order valence-electron chi connectivity index (χ0n) is 17.9. The second-order valence-electron chi connectivity index (χ2n) is 8.58. The number of nitrogens with zero attached hydrogens (tertiary/aromatic N) is 1. The summed E-state index contributed by atoms with van der Waals surface area (Å²) in [7, 11) is -4.40. The van der Waals surface area contributed by atoms with Crippen LogP contribution in [-0.2, 0) is 19.0 Å². The largest absolute Gasteiger partial charge is 0.444 e. The molecule has 0 unspecified atom stereocenters. The summed E-state index contributed by atoms with van der Waals surface area (Å²) in [6, 6.07) is 2.23. The van der Waals surface area contributed by atoms with Crippen molar-refractivity contribution in [2.24, 2.45) is 0 Å². The number of rotatable bonds is 6. The van der Waals surface area contributed by atoms with Crippen LogP contribution in [0.4, 0.5) is 26.7 Å². The molecule has 13 heteroatoms. The van der Waals surface area contributed by atoms with E-state index >= 15 is 0 Å². The summed E-state index contributed by atoms with van der Waals surface area (Å²) in [5.41, 5.74) is -0.593. The quantitative estimate of drug-likeness (QED) is 0.489. The number of amides is 1. The second-order valence-corrected chi connectivity index (χ2v) is 10.2. The van der Waals surface area contributed by atoms with Crippen LogP contribution in [0.2, 0.25) is 0 Å². The van der Waals surface area contributed by atoms with E-state index in [1.807, 2.05) is 0 Å². The molecule has 0 radical (unpaired) electrons. The first kappa shape index (κ1) is 26.3. The summed E-state index contributed by atoms with van der Waals surface area (Å²) in [5.74, 6) is -2.96. The molecule has 0 spiro atoms. The maximum Gasteiger partial charge on any atom is 0.417 e. The first-order valence-corrected chi connectivity index (χ1v) is 11.4. The Kier molecular flexibility index (Phi) is 7.78. The first-order chi connectivity index (χ1) is 14.4. The van der Waals surface area contributed by atoms with E-state index < -0.39 is 64.2 Å². The molecule has 1 aromatic rings. The normalized spacial score (nSPS) is 21.4. The van der Waals surface area contributed by atoms with Gasteiger partial charge >= 0.3 is 12.3 Å². The molecule has 1 aliphatic rings. The lowest BCUT2D eigenvalue weighted by molar-refractivity contribution is -0.197. The Morgan fingerprint density at radius 2 is 1.81 bits per heavy atom. The number of ether oxygens (including phenoxy) is 1. The topological polar surface area (TPSA) is 84.9 Å². The lowest BCUT2D eigenvalue weighted by Crippen LogP contribution is -2.45. The van der Waals surface area contributed by atoms with Crippen LogP contribution in [0, 0.1) is 11.6 Å². The Hall–Kier alpha value is -1.99. The molecule has 1 N–H and O–H groups in total. The number of carbonyl (C=O) groups is 1. The summed E-state index contributed by atoms with van der Waals surface area (Å²) in [4.78, 5) is 13.5. The highest BCUT2D eigenvalue weighted by molar-refractivity contribution is 7.86.